The van der Waals surface area contributed by atoms with Crippen LogP contribution < -0.4 is 0 Å². The second-order valence-electron chi connectivity index (χ2n) is 6.43. The zero-order chi connectivity index (χ0) is 18.5. The molecular formula is C21H23N5. The first-order chi connectivity index (χ1) is 12.6. The van der Waals surface area contributed by atoms with E-state index in [0.29, 0.717) is 13.0 Å². The van der Waals surface area contributed by atoms with Crippen molar-refractivity contribution < 1.29 is 0 Å². The lowest BCUT2D eigenvalue weighted by Crippen LogP contribution is -2.04. The molecular weight excluding hydrogens is 322 g/mol. The van der Waals surface area contributed by atoms with Gasteiger partial charge in [-0.05, 0) is 32.4 Å². The van der Waals surface area contributed by atoms with E-state index in [1.807, 2.05) is 25.3 Å². The van der Waals surface area contributed by atoms with Crippen LogP contribution in [0.2, 0.25) is 0 Å². The molecule has 0 radical (unpaired) electrons. The van der Waals surface area contributed by atoms with Crippen LogP contribution in [-0.2, 0) is 13.1 Å². The van der Waals surface area contributed by atoms with Gasteiger partial charge >= 0.3 is 0 Å². The third-order valence-corrected chi connectivity index (χ3v) is 4.45. The lowest BCUT2D eigenvalue weighted by atomic mass is 10.2. The second kappa shape index (κ2) is 7.83. The number of hydrogen-bond acceptors (Lipinski definition) is 3. The smallest absolute Gasteiger partial charge is 0.150 e. The molecule has 2 heterocycles. The van der Waals surface area contributed by atoms with Crippen molar-refractivity contribution in [1.29, 1.82) is 5.26 Å². The number of hydrogen-bond donors (Lipinski definition) is 0. The summed E-state index contributed by atoms with van der Waals surface area (Å²) in [7, 11) is 0. The number of aromatic nitrogens is 3. The van der Waals surface area contributed by atoms with Crippen molar-refractivity contribution in [2.45, 2.75) is 40.3 Å². The molecule has 0 bridgehead atoms. The molecule has 0 unspecified atom stereocenters. The molecule has 3 aromatic rings. The van der Waals surface area contributed by atoms with Crippen molar-refractivity contribution in [3.8, 4) is 6.07 Å². The highest BCUT2D eigenvalue weighted by Gasteiger charge is 2.09. The number of rotatable bonds is 6. The number of aryl methyl sites for hydroxylation is 3. The molecule has 3 rings (SSSR count). The van der Waals surface area contributed by atoms with Gasteiger partial charge in [-0.3, -0.25) is 0 Å². The third-order valence-electron chi connectivity index (χ3n) is 4.45. The Labute approximate surface area is 154 Å². The van der Waals surface area contributed by atoms with E-state index >= 15 is 0 Å². The summed E-state index contributed by atoms with van der Waals surface area (Å²) in [6.07, 6.45) is 2.32. The first-order valence-electron chi connectivity index (χ1n) is 8.74. The van der Waals surface area contributed by atoms with E-state index in [-0.39, 0.29) is 0 Å². The molecule has 0 atom stereocenters. The molecule has 0 aliphatic heterocycles. The Balaban J connectivity index is 1.84. The molecule has 0 aliphatic rings. The van der Waals surface area contributed by atoms with Gasteiger partial charge in [-0.1, -0.05) is 30.3 Å². The van der Waals surface area contributed by atoms with Gasteiger partial charge in [0, 0.05) is 35.8 Å². The maximum absolute atomic E-state index is 8.79. The molecule has 0 fully saturated rings. The summed E-state index contributed by atoms with van der Waals surface area (Å²) >= 11 is 0. The Morgan fingerprint density at radius 3 is 2.65 bits per heavy atom. The van der Waals surface area contributed by atoms with Gasteiger partial charge in [-0.15, -0.1) is 0 Å². The Morgan fingerprint density at radius 1 is 1.15 bits per heavy atom. The van der Waals surface area contributed by atoms with E-state index in [4.69, 9.17) is 5.26 Å². The first kappa shape index (κ1) is 17.7. The Morgan fingerprint density at radius 2 is 1.92 bits per heavy atom. The van der Waals surface area contributed by atoms with Gasteiger partial charge < -0.3 is 4.57 Å². The maximum Gasteiger partial charge on any atom is 0.150 e. The largest absolute Gasteiger partial charge is 0.344 e. The minimum Gasteiger partial charge on any atom is -0.344 e. The van der Waals surface area contributed by atoms with Gasteiger partial charge in [0.1, 0.15) is 0 Å². The monoisotopic (exact) mass is 345 g/mol. The summed E-state index contributed by atoms with van der Waals surface area (Å²) in [5.74, 6) is 0.783. The molecule has 0 N–H and O–H groups in total. The fourth-order valence-corrected chi connectivity index (χ4v) is 3.06. The van der Waals surface area contributed by atoms with Crippen molar-refractivity contribution >= 4 is 12.0 Å². The highest BCUT2D eigenvalue weighted by molar-refractivity contribution is 5.83. The molecule has 1 aromatic carbocycles. The van der Waals surface area contributed by atoms with E-state index in [9.17, 15) is 0 Å². The van der Waals surface area contributed by atoms with Gasteiger partial charge in [0.25, 0.3) is 0 Å². The quantitative estimate of drug-likeness (QED) is 0.625. The second-order valence-corrected chi connectivity index (χ2v) is 6.43. The summed E-state index contributed by atoms with van der Waals surface area (Å²) < 4.78 is 4.09. The van der Waals surface area contributed by atoms with Crippen molar-refractivity contribution in [1.82, 2.24) is 14.3 Å². The van der Waals surface area contributed by atoms with Crippen LogP contribution in [0.3, 0.4) is 0 Å². The molecule has 132 valence electrons. The van der Waals surface area contributed by atoms with Crippen LogP contribution in [0.25, 0.3) is 0 Å². The Kier molecular flexibility index (Phi) is 5.33. The maximum atomic E-state index is 8.79. The molecule has 26 heavy (non-hydrogen) atoms. The van der Waals surface area contributed by atoms with E-state index in [0.717, 1.165) is 23.6 Å². The lowest BCUT2D eigenvalue weighted by molar-refractivity contribution is 0.627. The summed E-state index contributed by atoms with van der Waals surface area (Å²) in [4.78, 5) is 4.63. The van der Waals surface area contributed by atoms with Crippen molar-refractivity contribution in [2.24, 2.45) is 4.99 Å². The Bertz CT molecular complexity index is 954. The molecule has 5 nitrogen and oxygen atoms in total. The summed E-state index contributed by atoms with van der Waals surface area (Å²) in [6.45, 7) is 7.59. The average molecular weight is 345 g/mol. The van der Waals surface area contributed by atoms with Crippen LogP contribution in [0.1, 0.15) is 34.6 Å². The SMILES string of the molecule is Cc1cc(/N=C/c2cc(C)n(Cc3ccccc3)c2C)n(CCC#N)n1. The number of nitrogens with zero attached hydrogens (tertiary/aromatic N) is 5. The predicted molar refractivity (Wildman–Crippen MR) is 104 cm³/mol. The lowest BCUT2D eigenvalue weighted by Gasteiger charge is -2.09. The standard InChI is InChI=1S/C21H23N5/c1-16-12-21(26(24-16)11-7-10-22)23-14-20-13-17(2)25(18(20)3)15-19-8-5-4-6-9-19/h4-6,8-9,12-14H,7,11,15H2,1-3H3/b23-14+. The van der Waals surface area contributed by atoms with Crippen LogP contribution in [0.15, 0.2) is 47.5 Å². The number of benzene rings is 1. The molecule has 0 aliphatic carbocycles. The topological polar surface area (TPSA) is 58.9 Å². The van der Waals surface area contributed by atoms with E-state index < -0.39 is 0 Å². The zero-order valence-corrected chi connectivity index (χ0v) is 15.5. The highest BCUT2D eigenvalue weighted by Crippen LogP contribution is 2.18. The van der Waals surface area contributed by atoms with Crippen molar-refractivity contribution in [2.75, 3.05) is 0 Å². The zero-order valence-electron chi connectivity index (χ0n) is 15.5. The highest BCUT2D eigenvalue weighted by atomic mass is 15.3. The fraction of sp³-hybridized carbons (Fsp3) is 0.286. The average Bonchev–Trinajstić information content (AvgIpc) is 3.12. The van der Waals surface area contributed by atoms with Crippen molar-refractivity contribution in [3.05, 3.63) is 70.7 Å². The van der Waals surface area contributed by atoms with Gasteiger partial charge in [0.05, 0.1) is 24.7 Å². The van der Waals surface area contributed by atoms with Gasteiger partial charge in [-0.2, -0.15) is 10.4 Å². The molecule has 0 saturated carbocycles. The van der Waals surface area contributed by atoms with Gasteiger partial charge in [0.2, 0.25) is 0 Å². The molecule has 0 amide bonds. The van der Waals surface area contributed by atoms with Crippen LogP contribution in [0, 0.1) is 32.1 Å². The fourth-order valence-electron chi connectivity index (χ4n) is 3.06. The minimum absolute atomic E-state index is 0.426. The third kappa shape index (κ3) is 3.92. The van der Waals surface area contributed by atoms with E-state index in [1.165, 1.54) is 17.0 Å². The molecule has 2 aromatic heterocycles. The van der Waals surface area contributed by atoms with E-state index in [2.05, 4.69) is 64.9 Å². The van der Waals surface area contributed by atoms with Crippen LogP contribution in [-0.4, -0.2) is 20.6 Å². The summed E-state index contributed by atoms with van der Waals surface area (Å²) in [6, 6.07) is 16.7. The van der Waals surface area contributed by atoms with Gasteiger partial charge in [-0.25, -0.2) is 9.67 Å². The molecule has 5 heteroatoms. The predicted octanol–water partition coefficient (Wildman–Crippen LogP) is 4.32. The Hall–Kier alpha value is -3.13. The van der Waals surface area contributed by atoms with Crippen LogP contribution in [0.5, 0.6) is 0 Å². The minimum atomic E-state index is 0.426. The van der Waals surface area contributed by atoms with Crippen LogP contribution in [0.4, 0.5) is 5.82 Å². The normalized spacial score (nSPS) is 11.2. The van der Waals surface area contributed by atoms with Gasteiger partial charge in [0.15, 0.2) is 5.82 Å². The van der Waals surface area contributed by atoms with Crippen molar-refractivity contribution in [3.63, 3.8) is 0 Å². The number of aliphatic imine (C=N–C) groups is 1. The van der Waals surface area contributed by atoms with Crippen LogP contribution >= 0.6 is 0 Å². The first-order valence-corrected chi connectivity index (χ1v) is 8.74. The summed E-state index contributed by atoms with van der Waals surface area (Å²) in [5, 5.41) is 13.2. The molecule has 0 spiro atoms. The molecule has 0 saturated heterocycles. The number of nitriles is 1. The summed E-state index contributed by atoms with van der Waals surface area (Å²) in [5.41, 5.74) is 5.69. The van der Waals surface area contributed by atoms with E-state index in [1.54, 1.807) is 4.68 Å².